The van der Waals surface area contributed by atoms with Gasteiger partial charge in [-0.15, -0.1) is 0 Å². The zero-order chi connectivity index (χ0) is 24.5. The average molecular weight is 467 g/mol. The number of halogens is 1. The number of rotatable bonds is 1. The summed E-state index contributed by atoms with van der Waals surface area (Å²) in [6.45, 7) is 7.62. The molecule has 0 spiro atoms. The smallest absolute Gasteiger partial charge is 0.340 e. The van der Waals surface area contributed by atoms with E-state index in [1.54, 1.807) is 13.0 Å². The molecule has 9 heteroatoms. The van der Waals surface area contributed by atoms with E-state index in [0.29, 0.717) is 35.3 Å². The predicted molar refractivity (Wildman–Crippen MR) is 122 cm³/mol. The van der Waals surface area contributed by atoms with E-state index < -0.39 is 17.6 Å². The molecule has 0 saturated carbocycles. The van der Waals surface area contributed by atoms with E-state index in [1.807, 2.05) is 20.8 Å². The number of aromatic nitrogens is 2. The van der Waals surface area contributed by atoms with E-state index in [4.69, 9.17) is 9.72 Å². The van der Waals surface area contributed by atoms with Crippen LogP contribution in [0.1, 0.15) is 66.7 Å². The molecule has 0 bridgehead atoms. The Kier molecular flexibility index (Phi) is 5.12. The van der Waals surface area contributed by atoms with Crippen molar-refractivity contribution in [1.29, 1.82) is 0 Å². The first kappa shape index (κ1) is 22.6. The zero-order valence-electron chi connectivity index (χ0n) is 19.5. The molecule has 6 rings (SSSR count). The molecule has 34 heavy (non-hydrogen) atoms. The van der Waals surface area contributed by atoms with Crippen LogP contribution >= 0.6 is 0 Å². The Labute approximate surface area is 195 Å². The number of carbonyl (C=O) groups excluding carboxylic acids is 1. The van der Waals surface area contributed by atoms with Crippen LogP contribution in [0.2, 0.25) is 0 Å². The van der Waals surface area contributed by atoms with Crippen LogP contribution in [0.25, 0.3) is 22.3 Å². The fraction of sp³-hybridized carbons (Fsp3) is 0.400. The number of nitrogens with zero attached hydrogens (tertiary/aromatic N) is 2. The summed E-state index contributed by atoms with van der Waals surface area (Å²) in [7, 11) is 0. The maximum Gasteiger partial charge on any atom is 0.340 e. The molecule has 3 aromatic rings. The highest BCUT2D eigenvalue weighted by Gasteiger charge is 2.41. The van der Waals surface area contributed by atoms with Crippen molar-refractivity contribution in [2.45, 2.75) is 65.3 Å². The second-order valence-electron chi connectivity index (χ2n) is 8.98. The van der Waals surface area contributed by atoms with Crippen LogP contribution in [0.5, 0.6) is 0 Å². The van der Waals surface area contributed by atoms with Gasteiger partial charge in [-0.1, -0.05) is 13.8 Å². The van der Waals surface area contributed by atoms with Gasteiger partial charge in [0.15, 0.2) is 6.10 Å². The summed E-state index contributed by atoms with van der Waals surface area (Å²) >= 11 is 0. The summed E-state index contributed by atoms with van der Waals surface area (Å²) in [5.41, 5.74) is 6.04. The topological polar surface area (TPSA) is 114 Å². The quantitative estimate of drug-likeness (QED) is 0.291. The highest BCUT2D eigenvalue weighted by molar-refractivity contribution is 5.93. The minimum Gasteiger partial charge on any atom is -0.458 e. The van der Waals surface area contributed by atoms with Crippen molar-refractivity contribution in [2.24, 2.45) is 0 Å². The summed E-state index contributed by atoms with van der Waals surface area (Å²) < 4.78 is 21.2. The molecule has 2 atom stereocenters. The van der Waals surface area contributed by atoms with Crippen molar-refractivity contribution >= 4 is 16.9 Å². The molecular weight excluding hydrogens is 441 g/mol. The number of benzene rings is 1. The Balaban J connectivity index is 0.00000117. The van der Waals surface area contributed by atoms with Gasteiger partial charge in [-0.25, -0.2) is 14.2 Å². The lowest BCUT2D eigenvalue weighted by molar-refractivity contribution is -0.157. The van der Waals surface area contributed by atoms with Crippen LogP contribution < -0.4 is 11.0 Å². The number of pyridine rings is 2. The van der Waals surface area contributed by atoms with Crippen LogP contribution in [-0.4, -0.2) is 25.8 Å². The number of aliphatic hydroxyl groups is 1. The minimum absolute atomic E-state index is 0.201. The average Bonchev–Trinajstić information content (AvgIpc) is 3.20. The minimum atomic E-state index is -1.55. The fourth-order valence-corrected chi connectivity index (χ4v) is 5.47. The molecule has 3 N–H and O–H groups in total. The van der Waals surface area contributed by atoms with Crippen LogP contribution in [-0.2, 0) is 34.6 Å². The SMILES string of the molecule is CC.Cc1c(F)cc2nc3c(c4c2c1CCC4(C)NO)Cn1c-3cc2c(c1=O)COC(=O)C2O. The molecule has 0 amide bonds. The highest BCUT2D eigenvalue weighted by Crippen LogP contribution is 2.47. The third-order valence-electron chi connectivity index (χ3n) is 7.25. The van der Waals surface area contributed by atoms with Gasteiger partial charge in [-0.3, -0.25) is 4.79 Å². The molecule has 8 nitrogen and oxygen atoms in total. The lowest BCUT2D eigenvalue weighted by Crippen LogP contribution is -2.41. The Morgan fingerprint density at radius 3 is 2.68 bits per heavy atom. The third-order valence-corrected chi connectivity index (χ3v) is 7.25. The van der Waals surface area contributed by atoms with Crippen LogP contribution in [0, 0.1) is 12.7 Å². The van der Waals surface area contributed by atoms with E-state index in [-0.39, 0.29) is 35.7 Å². The van der Waals surface area contributed by atoms with Gasteiger partial charge in [-0.05, 0) is 49.4 Å². The molecule has 3 aliphatic rings. The van der Waals surface area contributed by atoms with Gasteiger partial charge < -0.3 is 19.6 Å². The summed E-state index contributed by atoms with van der Waals surface area (Å²) in [4.78, 5) is 29.8. The van der Waals surface area contributed by atoms with Crippen molar-refractivity contribution in [2.75, 3.05) is 0 Å². The molecule has 1 aromatic carbocycles. The highest BCUT2D eigenvalue weighted by atomic mass is 19.1. The van der Waals surface area contributed by atoms with Gasteiger partial charge >= 0.3 is 5.97 Å². The third kappa shape index (κ3) is 2.84. The number of aryl methyl sites for hydroxylation is 1. The number of hydrogen-bond donors (Lipinski definition) is 3. The number of fused-ring (bicyclic) bond motifs is 5. The number of aliphatic hydroxyl groups excluding tert-OH is 1. The monoisotopic (exact) mass is 467 g/mol. The second-order valence-corrected chi connectivity index (χ2v) is 8.98. The van der Waals surface area contributed by atoms with E-state index in [2.05, 4.69) is 5.48 Å². The molecule has 0 fully saturated rings. The zero-order valence-corrected chi connectivity index (χ0v) is 19.5. The Morgan fingerprint density at radius 2 is 1.97 bits per heavy atom. The number of ether oxygens (including phenoxy) is 1. The molecule has 4 heterocycles. The van der Waals surface area contributed by atoms with Gasteiger partial charge in [-0.2, -0.15) is 5.48 Å². The van der Waals surface area contributed by atoms with Gasteiger partial charge in [0.1, 0.15) is 12.4 Å². The van der Waals surface area contributed by atoms with Crippen molar-refractivity contribution in [1.82, 2.24) is 15.0 Å². The summed E-state index contributed by atoms with van der Waals surface area (Å²) in [5, 5.41) is 21.2. The molecule has 1 aliphatic carbocycles. The van der Waals surface area contributed by atoms with Gasteiger partial charge in [0.2, 0.25) is 0 Å². The number of hydroxylamine groups is 1. The van der Waals surface area contributed by atoms with E-state index in [9.17, 15) is 24.3 Å². The molecule has 178 valence electrons. The molecule has 2 unspecified atom stereocenters. The van der Waals surface area contributed by atoms with E-state index >= 15 is 0 Å². The largest absolute Gasteiger partial charge is 0.458 e. The molecule has 2 aromatic heterocycles. The van der Waals surface area contributed by atoms with Gasteiger partial charge in [0, 0.05) is 22.6 Å². The van der Waals surface area contributed by atoms with Gasteiger partial charge in [0.05, 0.1) is 34.6 Å². The van der Waals surface area contributed by atoms with Crippen molar-refractivity contribution in [3.63, 3.8) is 0 Å². The van der Waals surface area contributed by atoms with E-state index in [1.165, 1.54) is 10.6 Å². The molecular formula is C25H26FN3O5. The Bertz CT molecular complexity index is 1450. The number of esters is 1. The normalized spacial score (nSPS) is 21.9. The second kappa shape index (κ2) is 7.69. The summed E-state index contributed by atoms with van der Waals surface area (Å²) in [6, 6.07) is 2.98. The molecule has 0 saturated heterocycles. The van der Waals surface area contributed by atoms with Gasteiger partial charge in [0.25, 0.3) is 5.56 Å². The maximum atomic E-state index is 14.7. The number of carbonyl (C=O) groups is 1. The Morgan fingerprint density at radius 1 is 1.24 bits per heavy atom. The summed E-state index contributed by atoms with van der Waals surface area (Å²) in [5.74, 6) is -1.16. The maximum absolute atomic E-state index is 14.7. The van der Waals surface area contributed by atoms with E-state index in [0.717, 1.165) is 22.1 Å². The molecule has 0 radical (unpaired) electrons. The summed E-state index contributed by atoms with van der Waals surface area (Å²) in [6.07, 6.45) is -0.434. The Hall–Kier alpha value is -3.14. The number of nitrogens with one attached hydrogen (secondary N) is 1. The number of cyclic esters (lactones) is 1. The standard InChI is InChI=1S/C23H20FN3O5.C2H6/c1-9-10-3-4-23(2,26-31)18-12-7-27-16(19(12)25-15(17(10)18)6-14(9)24)5-11-13(21(27)29)8-32-22(30)20(11)28;1-2/h5-6,20,26,28,31H,3-4,7-8H2,1-2H3;1-2H3. The van der Waals surface area contributed by atoms with Crippen molar-refractivity contribution in [3.8, 4) is 11.4 Å². The number of hydrogen-bond acceptors (Lipinski definition) is 7. The first-order valence-corrected chi connectivity index (χ1v) is 11.4. The molecule has 2 aliphatic heterocycles. The van der Waals surface area contributed by atoms with Crippen LogP contribution in [0.15, 0.2) is 16.9 Å². The lowest BCUT2D eigenvalue weighted by atomic mass is 9.74. The van der Waals surface area contributed by atoms with Crippen molar-refractivity contribution in [3.05, 3.63) is 61.7 Å². The van der Waals surface area contributed by atoms with Crippen molar-refractivity contribution < 1.29 is 24.2 Å². The first-order chi connectivity index (χ1) is 16.2. The lowest BCUT2D eigenvalue weighted by Gasteiger charge is -2.36. The first-order valence-electron chi connectivity index (χ1n) is 11.4. The van der Waals surface area contributed by atoms with Crippen LogP contribution in [0.4, 0.5) is 4.39 Å². The predicted octanol–water partition coefficient (Wildman–Crippen LogP) is 3.13. The fourth-order valence-electron chi connectivity index (χ4n) is 5.47. The van der Waals surface area contributed by atoms with Crippen LogP contribution in [0.3, 0.4) is 0 Å².